The number of rotatable bonds is 6. The summed E-state index contributed by atoms with van der Waals surface area (Å²) in [7, 11) is 4.42. The second kappa shape index (κ2) is 7.20. The van der Waals surface area contributed by atoms with Gasteiger partial charge in [-0.05, 0) is 39.9 Å². The van der Waals surface area contributed by atoms with Crippen LogP contribution in [-0.2, 0) is 6.54 Å². The van der Waals surface area contributed by atoms with E-state index in [1.807, 2.05) is 12.5 Å². The highest BCUT2D eigenvalue weighted by Gasteiger charge is 2.28. The Labute approximate surface area is 122 Å². The van der Waals surface area contributed by atoms with Crippen molar-refractivity contribution in [1.29, 1.82) is 0 Å². The summed E-state index contributed by atoms with van der Waals surface area (Å²) in [6.45, 7) is 6.21. The Hall–Kier alpha value is -0.910. The van der Waals surface area contributed by atoms with Crippen molar-refractivity contribution in [3.05, 3.63) is 18.2 Å². The van der Waals surface area contributed by atoms with Crippen LogP contribution < -0.4 is 5.73 Å². The Kier molecular flexibility index (Phi) is 5.57. The molecule has 1 aromatic heterocycles. The highest BCUT2D eigenvalue weighted by Crippen LogP contribution is 2.24. The monoisotopic (exact) mass is 279 g/mol. The van der Waals surface area contributed by atoms with Crippen molar-refractivity contribution in [3.63, 3.8) is 0 Å². The molecule has 5 heteroatoms. The Bertz CT molecular complexity index is 403. The third-order valence-electron chi connectivity index (χ3n) is 4.44. The second-order valence-electron chi connectivity index (χ2n) is 5.99. The van der Waals surface area contributed by atoms with Gasteiger partial charge in [0.25, 0.3) is 0 Å². The van der Waals surface area contributed by atoms with Gasteiger partial charge >= 0.3 is 0 Å². The van der Waals surface area contributed by atoms with Gasteiger partial charge in [0, 0.05) is 31.9 Å². The van der Waals surface area contributed by atoms with Gasteiger partial charge in [0.2, 0.25) is 0 Å². The molecule has 1 fully saturated rings. The number of likely N-dealkylation sites (N-methyl/N-ethyl adjacent to an activating group) is 2. The molecule has 0 aliphatic carbocycles. The summed E-state index contributed by atoms with van der Waals surface area (Å²) in [6, 6.07) is 0.854. The summed E-state index contributed by atoms with van der Waals surface area (Å²) >= 11 is 0. The Balaban J connectivity index is 2.11. The van der Waals surface area contributed by atoms with Gasteiger partial charge in [-0.15, -0.1) is 0 Å². The van der Waals surface area contributed by atoms with E-state index < -0.39 is 0 Å². The van der Waals surface area contributed by atoms with Crippen LogP contribution in [-0.4, -0.2) is 59.1 Å². The zero-order valence-electron chi connectivity index (χ0n) is 13.1. The van der Waals surface area contributed by atoms with Crippen LogP contribution in [0.2, 0.25) is 0 Å². The smallest absolute Gasteiger partial charge is 0.0948 e. The molecule has 0 radical (unpaired) electrons. The van der Waals surface area contributed by atoms with Crippen LogP contribution in [0, 0.1) is 0 Å². The minimum atomic E-state index is 0.264. The first-order valence-electron chi connectivity index (χ1n) is 7.78. The zero-order chi connectivity index (χ0) is 14.5. The molecular weight excluding hydrogens is 250 g/mol. The van der Waals surface area contributed by atoms with Crippen LogP contribution in [0.25, 0.3) is 0 Å². The molecule has 2 unspecified atom stereocenters. The fourth-order valence-corrected chi connectivity index (χ4v) is 3.26. The van der Waals surface area contributed by atoms with Crippen molar-refractivity contribution in [2.24, 2.45) is 5.73 Å². The molecule has 0 saturated carbocycles. The fraction of sp³-hybridized carbons (Fsp3) is 0.800. The minimum Gasteiger partial charge on any atom is -0.333 e. The summed E-state index contributed by atoms with van der Waals surface area (Å²) in [6.07, 6.45) is 7.57. The van der Waals surface area contributed by atoms with Crippen molar-refractivity contribution in [1.82, 2.24) is 19.4 Å². The van der Waals surface area contributed by atoms with Gasteiger partial charge in [-0.3, -0.25) is 4.90 Å². The van der Waals surface area contributed by atoms with E-state index in [-0.39, 0.29) is 6.04 Å². The standard InChI is InChI=1S/C15H29N5/c1-4-7-20-12-17-10-15(20)14(9-16)19(3)13-6-5-8-18(2)11-13/h10,12-14H,4-9,11,16H2,1-3H3. The lowest BCUT2D eigenvalue weighted by atomic mass is 10.0. The molecule has 2 heterocycles. The van der Waals surface area contributed by atoms with Gasteiger partial charge in [-0.2, -0.15) is 0 Å². The van der Waals surface area contributed by atoms with E-state index >= 15 is 0 Å². The van der Waals surface area contributed by atoms with Crippen molar-refractivity contribution in [3.8, 4) is 0 Å². The summed E-state index contributed by atoms with van der Waals surface area (Å²) < 4.78 is 2.25. The number of aryl methyl sites for hydroxylation is 1. The predicted molar refractivity (Wildman–Crippen MR) is 82.6 cm³/mol. The highest BCUT2D eigenvalue weighted by atomic mass is 15.2. The minimum absolute atomic E-state index is 0.264. The normalized spacial score (nSPS) is 22.4. The number of nitrogens with two attached hydrogens (primary N) is 1. The third kappa shape index (κ3) is 3.40. The Morgan fingerprint density at radius 2 is 2.35 bits per heavy atom. The second-order valence-corrected chi connectivity index (χ2v) is 5.99. The average molecular weight is 279 g/mol. The molecule has 5 nitrogen and oxygen atoms in total. The van der Waals surface area contributed by atoms with Crippen LogP contribution in [0.15, 0.2) is 12.5 Å². The highest BCUT2D eigenvalue weighted by molar-refractivity contribution is 5.07. The molecule has 0 spiro atoms. The van der Waals surface area contributed by atoms with E-state index in [0.717, 1.165) is 19.5 Å². The molecule has 2 atom stereocenters. The first-order chi connectivity index (χ1) is 9.67. The third-order valence-corrected chi connectivity index (χ3v) is 4.44. The van der Waals surface area contributed by atoms with Gasteiger partial charge in [0.05, 0.1) is 18.1 Å². The zero-order valence-corrected chi connectivity index (χ0v) is 13.1. The van der Waals surface area contributed by atoms with Crippen molar-refractivity contribution < 1.29 is 0 Å². The maximum atomic E-state index is 6.07. The molecule has 1 aromatic rings. The molecule has 114 valence electrons. The first-order valence-corrected chi connectivity index (χ1v) is 7.78. The summed E-state index contributed by atoms with van der Waals surface area (Å²) in [4.78, 5) is 9.20. The van der Waals surface area contributed by atoms with E-state index in [0.29, 0.717) is 12.6 Å². The van der Waals surface area contributed by atoms with Gasteiger partial charge in [-0.25, -0.2) is 4.98 Å². The van der Waals surface area contributed by atoms with E-state index in [4.69, 9.17) is 5.73 Å². The number of imidazole rings is 1. The maximum Gasteiger partial charge on any atom is 0.0948 e. The van der Waals surface area contributed by atoms with Gasteiger partial charge < -0.3 is 15.2 Å². The average Bonchev–Trinajstić information content (AvgIpc) is 2.88. The van der Waals surface area contributed by atoms with E-state index in [2.05, 4.69) is 40.4 Å². The predicted octanol–water partition coefficient (Wildman–Crippen LogP) is 1.32. The van der Waals surface area contributed by atoms with Crippen molar-refractivity contribution >= 4 is 0 Å². The molecular formula is C15H29N5. The Morgan fingerprint density at radius 3 is 3.00 bits per heavy atom. The number of likely N-dealkylation sites (tertiary alicyclic amines) is 1. The fourth-order valence-electron chi connectivity index (χ4n) is 3.26. The molecule has 0 amide bonds. The number of hydrogen-bond donors (Lipinski definition) is 1. The van der Waals surface area contributed by atoms with Crippen LogP contribution in [0.1, 0.15) is 37.9 Å². The number of piperidine rings is 1. The van der Waals surface area contributed by atoms with E-state index in [1.165, 1.54) is 25.1 Å². The summed E-state index contributed by atoms with van der Waals surface area (Å²) in [5, 5.41) is 0. The molecule has 0 aromatic carbocycles. The quantitative estimate of drug-likeness (QED) is 0.853. The van der Waals surface area contributed by atoms with Crippen LogP contribution >= 0.6 is 0 Å². The van der Waals surface area contributed by atoms with E-state index in [1.54, 1.807) is 0 Å². The molecule has 1 aliphatic heterocycles. The van der Waals surface area contributed by atoms with Crippen LogP contribution in [0.4, 0.5) is 0 Å². The summed E-state index contributed by atoms with van der Waals surface area (Å²) in [5.41, 5.74) is 7.33. The first kappa shape index (κ1) is 15.5. The molecule has 1 saturated heterocycles. The van der Waals surface area contributed by atoms with Gasteiger partial charge in [0.1, 0.15) is 0 Å². The van der Waals surface area contributed by atoms with Crippen LogP contribution in [0.3, 0.4) is 0 Å². The molecule has 20 heavy (non-hydrogen) atoms. The molecule has 2 rings (SSSR count). The van der Waals surface area contributed by atoms with Crippen molar-refractivity contribution in [2.75, 3.05) is 33.7 Å². The summed E-state index contributed by atoms with van der Waals surface area (Å²) in [5.74, 6) is 0. The SMILES string of the molecule is CCCn1cncc1C(CN)N(C)C1CCCN(C)C1. The molecule has 1 aliphatic rings. The molecule has 0 bridgehead atoms. The lowest BCUT2D eigenvalue weighted by Gasteiger charge is -2.39. The van der Waals surface area contributed by atoms with Gasteiger partial charge in [-0.1, -0.05) is 6.92 Å². The number of aromatic nitrogens is 2. The topological polar surface area (TPSA) is 50.3 Å². The largest absolute Gasteiger partial charge is 0.333 e. The van der Waals surface area contributed by atoms with Gasteiger partial charge in [0.15, 0.2) is 0 Å². The Morgan fingerprint density at radius 1 is 1.55 bits per heavy atom. The maximum absolute atomic E-state index is 6.07. The number of hydrogen-bond acceptors (Lipinski definition) is 4. The van der Waals surface area contributed by atoms with E-state index in [9.17, 15) is 0 Å². The lowest BCUT2D eigenvalue weighted by molar-refractivity contribution is 0.0979. The lowest BCUT2D eigenvalue weighted by Crippen LogP contribution is -2.48. The van der Waals surface area contributed by atoms with Crippen LogP contribution in [0.5, 0.6) is 0 Å². The van der Waals surface area contributed by atoms with Crippen molar-refractivity contribution in [2.45, 2.75) is 44.8 Å². The number of nitrogens with zero attached hydrogens (tertiary/aromatic N) is 4. The molecule has 2 N–H and O–H groups in total.